The summed E-state index contributed by atoms with van der Waals surface area (Å²) in [7, 11) is 0. The van der Waals surface area contributed by atoms with Crippen LogP contribution in [0.4, 0.5) is 0 Å². The first-order valence-corrected chi connectivity index (χ1v) is 5.83. The van der Waals surface area contributed by atoms with Crippen LogP contribution >= 0.6 is 0 Å². The van der Waals surface area contributed by atoms with Crippen molar-refractivity contribution >= 4 is 5.70 Å². The summed E-state index contributed by atoms with van der Waals surface area (Å²) in [4.78, 5) is 4.47. The third-order valence-electron chi connectivity index (χ3n) is 2.81. The number of rotatable bonds is 3. The van der Waals surface area contributed by atoms with E-state index in [1.165, 1.54) is 11.3 Å². The largest absolute Gasteiger partial charge is 0.351 e. The second kappa shape index (κ2) is 4.88. The molecule has 1 aromatic carbocycles. The number of hydrogen-bond donors (Lipinski definition) is 0. The first-order valence-electron chi connectivity index (χ1n) is 5.83. The van der Waals surface area contributed by atoms with Crippen LogP contribution in [0.5, 0.6) is 0 Å². The highest BCUT2D eigenvalue weighted by Gasteiger charge is 2.12. The molecule has 2 nitrogen and oxygen atoms in total. The molecule has 0 atom stereocenters. The predicted octanol–water partition coefficient (Wildman–Crippen LogP) is 3.11. The molecule has 0 aliphatic carbocycles. The molecule has 0 N–H and O–H groups in total. The minimum atomic E-state index is 0.995. The fourth-order valence-corrected chi connectivity index (χ4v) is 1.84. The first kappa shape index (κ1) is 10.8. The second-order valence-corrected chi connectivity index (χ2v) is 3.79. The summed E-state index contributed by atoms with van der Waals surface area (Å²) in [6, 6.07) is 10.5. The molecule has 0 aromatic heterocycles. The van der Waals surface area contributed by atoms with Crippen LogP contribution in [-0.4, -0.2) is 22.9 Å². The third-order valence-corrected chi connectivity index (χ3v) is 2.81. The summed E-state index contributed by atoms with van der Waals surface area (Å²) in [5, 5.41) is 0. The highest BCUT2D eigenvalue weighted by Crippen LogP contribution is 2.23. The molecule has 84 valence electrons. The van der Waals surface area contributed by atoms with Gasteiger partial charge in [0.2, 0.25) is 0 Å². The Kier molecular flexibility index (Phi) is 3.30. The molecule has 1 aliphatic rings. The van der Waals surface area contributed by atoms with Gasteiger partial charge in [0.05, 0.1) is 5.70 Å². The smallest absolute Gasteiger partial charge is 0.0645 e. The highest BCUT2D eigenvalue weighted by molar-refractivity contribution is 5.65. The van der Waals surface area contributed by atoms with Crippen LogP contribution in [0.3, 0.4) is 0 Å². The van der Waals surface area contributed by atoms with Gasteiger partial charge in [-0.3, -0.25) is 0 Å². The van der Waals surface area contributed by atoms with Crippen molar-refractivity contribution in [1.29, 1.82) is 0 Å². The monoisotopic (exact) mass is 214 g/mol. The van der Waals surface area contributed by atoms with Gasteiger partial charge in [-0.2, -0.15) is 0 Å². The van der Waals surface area contributed by atoms with E-state index in [2.05, 4.69) is 72.6 Å². The van der Waals surface area contributed by atoms with Gasteiger partial charge in [0, 0.05) is 31.7 Å². The van der Waals surface area contributed by atoms with Gasteiger partial charge in [-0.15, -0.1) is 0 Å². The van der Waals surface area contributed by atoms with Crippen LogP contribution in [0.1, 0.15) is 19.4 Å². The van der Waals surface area contributed by atoms with Crippen molar-refractivity contribution in [2.75, 3.05) is 13.1 Å². The lowest BCUT2D eigenvalue weighted by atomic mass is 10.1. The van der Waals surface area contributed by atoms with Gasteiger partial charge in [-0.1, -0.05) is 30.3 Å². The Morgan fingerprint density at radius 3 is 2.31 bits per heavy atom. The molecule has 1 aromatic rings. The molecule has 0 amide bonds. The quantitative estimate of drug-likeness (QED) is 0.762. The van der Waals surface area contributed by atoms with Gasteiger partial charge < -0.3 is 9.80 Å². The van der Waals surface area contributed by atoms with Gasteiger partial charge in [-0.05, 0) is 19.4 Å². The van der Waals surface area contributed by atoms with Crippen molar-refractivity contribution in [2.24, 2.45) is 0 Å². The average Bonchev–Trinajstić information content (AvgIpc) is 2.39. The maximum absolute atomic E-state index is 2.27. The van der Waals surface area contributed by atoms with E-state index >= 15 is 0 Å². The van der Waals surface area contributed by atoms with Gasteiger partial charge in [0.1, 0.15) is 0 Å². The number of nitrogens with zero attached hydrogens (tertiary/aromatic N) is 2. The third kappa shape index (κ3) is 2.11. The van der Waals surface area contributed by atoms with E-state index in [4.69, 9.17) is 0 Å². The summed E-state index contributed by atoms with van der Waals surface area (Å²) >= 11 is 0. The Morgan fingerprint density at radius 1 is 0.938 bits per heavy atom. The van der Waals surface area contributed by atoms with E-state index in [-0.39, 0.29) is 0 Å². The maximum Gasteiger partial charge on any atom is 0.0645 e. The molecule has 0 radical (unpaired) electrons. The summed E-state index contributed by atoms with van der Waals surface area (Å²) in [5.41, 5.74) is 2.54. The Balaban J connectivity index is 2.32. The molecular weight excluding hydrogens is 196 g/mol. The van der Waals surface area contributed by atoms with Crippen LogP contribution in [0, 0.1) is 0 Å². The van der Waals surface area contributed by atoms with E-state index in [1.807, 2.05) is 0 Å². The second-order valence-electron chi connectivity index (χ2n) is 3.79. The minimum Gasteiger partial charge on any atom is -0.351 e. The molecular formula is C14H18N2. The highest BCUT2D eigenvalue weighted by atomic mass is 15.2. The Morgan fingerprint density at radius 2 is 1.69 bits per heavy atom. The molecule has 2 rings (SSSR count). The van der Waals surface area contributed by atoms with E-state index in [9.17, 15) is 0 Å². The lowest BCUT2D eigenvalue weighted by Gasteiger charge is -2.29. The van der Waals surface area contributed by atoms with E-state index in [0.717, 1.165) is 13.1 Å². The molecule has 1 aliphatic heterocycles. The van der Waals surface area contributed by atoms with Crippen LogP contribution in [0.25, 0.3) is 5.70 Å². The lowest BCUT2D eigenvalue weighted by Crippen LogP contribution is -2.24. The Bertz CT molecular complexity index is 392. The number of hydrogen-bond acceptors (Lipinski definition) is 2. The topological polar surface area (TPSA) is 6.48 Å². The van der Waals surface area contributed by atoms with Crippen LogP contribution in [0.15, 0.2) is 48.9 Å². The molecule has 0 fully saturated rings. The first-order chi connectivity index (χ1) is 7.85. The van der Waals surface area contributed by atoms with Crippen LogP contribution in [-0.2, 0) is 0 Å². The molecule has 1 heterocycles. The fraction of sp³-hybridized carbons (Fsp3) is 0.286. The zero-order valence-corrected chi connectivity index (χ0v) is 9.93. The Hall–Kier alpha value is -1.70. The molecule has 16 heavy (non-hydrogen) atoms. The molecule has 0 bridgehead atoms. The molecule has 0 saturated heterocycles. The van der Waals surface area contributed by atoms with Crippen molar-refractivity contribution in [2.45, 2.75) is 13.8 Å². The lowest BCUT2D eigenvalue weighted by molar-refractivity contribution is 0.462. The van der Waals surface area contributed by atoms with Crippen LogP contribution in [0.2, 0.25) is 0 Å². The SMILES string of the molecule is CCN1C=CN(CC)C(c2ccccc2)=C1. The van der Waals surface area contributed by atoms with Crippen molar-refractivity contribution in [3.63, 3.8) is 0 Å². The summed E-state index contributed by atoms with van der Waals surface area (Å²) in [6.45, 7) is 6.33. The summed E-state index contributed by atoms with van der Waals surface area (Å²) in [6.07, 6.45) is 6.47. The zero-order valence-electron chi connectivity index (χ0n) is 9.93. The minimum absolute atomic E-state index is 0.995. The van der Waals surface area contributed by atoms with Gasteiger partial charge in [-0.25, -0.2) is 0 Å². The van der Waals surface area contributed by atoms with E-state index < -0.39 is 0 Å². The predicted molar refractivity (Wildman–Crippen MR) is 68.3 cm³/mol. The zero-order chi connectivity index (χ0) is 11.4. The number of benzene rings is 1. The summed E-state index contributed by atoms with van der Waals surface area (Å²) in [5.74, 6) is 0. The standard InChI is InChI=1S/C14H18N2/c1-3-15-10-11-16(4-2)14(12-15)13-8-6-5-7-9-13/h5-12H,3-4H2,1-2H3. The van der Waals surface area contributed by atoms with Gasteiger partial charge in [0.25, 0.3) is 0 Å². The van der Waals surface area contributed by atoms with Crippen molar-refractivity contribution in [1.82, 2.24) is 9.80 Å². The Labute approximate surface area is 97.5 Å². The van der Waals surface area contributed by atoms with Gasteiger partial charge in [0.15, 0.2) is 0 Å². The van der Waals surface area contributed by atoms with E-state index in [1.54, 1.807) is 0 Å². The van der Waals surface area contributed by atoms with Gasteiger partial charge >= 0.3 is 0 Å². The molecule has 0 saturated carbocycles. The van der Waals surface area contributed by atoms with E-state index in [0.29, 0.717) is 0 Å². The fourth-order valence-electron chi connectivity index (χ4n) is 1.84. The molecule has 0 spiro atoms. The van der Waals surface area contributed by atoms with Crippen molar-refractivity contribution < 1.29 is 0 Å². The average molecular weight is 214 g/mol. The van der Waals surface area contributed by atoms with Crippen LogP contribution < -0.4 is 0 Å². The summed E-state index contributed by atoms with van der Waals surface area (Å²) < 4.78 is 0. The van der Waals surface area contributed by atoms with Crippen molar-refractivity contribution in [3.05, 3.63) is 54.5 Å². The molecule has 2 heteroatoms. The van der Waals surface area contributed by atoms with Crippen molar-refractivity contribution in [3.8, 4) is 0 Å². The molecule has 0 unspecified atom stereocenters. The normalized spacial score (nSPS) is 15.2. The maximum atomic E-state index is 2.27.